The molecular weight excluding hydrogens is 316 g/mol. The number of thioether (sulfide) groups is 1. The van der Waals surface area contributed by atoms with Gasteiger partial charge in [-0.05, 0) is 36.8 Å². The van der Waals surface area contributed by atoms with Crippen molar-refractivity contribution in [2.24, 2.45) is 0 Å². The molecule has 1 amide bonds. The summed E-state index contributed by atoms with van der Waals surface area (Å²) in [4.78, 5) is 18.3. The zero-order valence-corrected chi connectivity index (χ0v) is 14.2. The largest absolute Gasteiger partial charge is 0.309 e. The van der Waals surface area contributed by atoms with E-state index in [0.717, 1.165) is 16.2 Å². The van der Waals surface area contributed by atoms with E-state index in [1.165, 1.54) is 11.8 Å². The molecular formula is C20H18N2OS. The second-order valence-electron chi connectivity index (χ2n) is 5.38. The van der Waals surface area contributed by atoms with Gasteiger partial charge in [-0.1, -0.05) is 54.6 Å². The van der Waals surface area contributed by atoms with Gasteiger partial charge in [0.2, 0.25) is 5.91 Å². The standard InChI is InChI=1S/C20H18N2OS/c1-15-9-8-14-18(21-15)22-20(23)19(16-10-4-2-5-11-16)24-17-12-6-3-7-13-17/h2-14,19H,1H3,(H,21,22,23)/t19-/m0/s1. The molecule has 0 saturated carbocycles. The third-order valence-electron chi connectivity index (χ3n) is 3.48. The quantitative estimate of drug-likeness (QED) is 0.677. The van der Waals surface area contributed by atoms with Crippen LogP contribution in [0.3, 0.4) is 0 Å². The maximum absolute atomic E-state index is 12.9. The Kier molecular flexibility index (Phi) is 5.29. The minimum atomic E-state index is -0.337. The van der Waals surface area contributed by atoms with E-state index in [1.54, 1.807) is 6.07 Å². The number of aromatic nitrogens is 1. The molecule has 3 aromatic rings. The summed E-state index contributed by atoms with van der Waals surface area (Å²) in [5, 5.41) is 2.59. The Morgan fingerprint density at radius 1 is 0.917 bits per heavy atom. The van der Waals surface area contributed by atoms with Crippen LogP contribution in [0.5, 0.6) is 0 Å². The van der Waals surface area contributed by atoms with E-state index in [1.807, 2.05) is 79.7 Å². The van der Waals surface area contributed by atoms with Gasteiger partial charge in [0.1, 0.15) is 11.1 Å². The number of rotatable bonds is 5. The number of amides is 1. The number of carbonyl (C=O) groups is 1. The van der Waals surface area contributed by atoms with Crippen LogP contribution in [0.2, 0.25) is 0 Å². The Morgan fingerprint density at radius 3 is 2.25 bits per heavy atom. The Hall–Kier alpha value is -2.59. The SMILES string of the molecule is Cc1cccc(NC(=O)[C@@H](Sc2ccccc2)c2ccccc2)n1. The fourth-order valence-corrected chi connectivity index (χ4v) is 3.39. The molecule has 3 nitrogen and oxygen atoms in total. The lowest BCUT2D eigenvalue weighted by Crippen LogP contribution is -2.19. The van der Waals surface area contributed by atoms with Crippen LogP contribution in [-0.2, 0) is 4.79 Å². The van der Waals surface area contributed by atoms with Crippen LogP contribution in [-0.4, -0.2) is 10.9 Å². The van der Waals surface area contributed by atoms with Crippen molar-refractivity contribution in [3.63, 3.8) is 0 Å². The number of pyridine rings is 1. The summed E-state index contributed by atoms with van der Waals surface area (Å²) in [5.41, 5.74) is 1.84. The molecule has 0 saturated heterocycles. The van der Waals surface area contributed by atoms with Gasteiger partial charge in [-0.25, -0.2) is 4.98 Å². The van der Waals surface area contributed by atoms with Crippen LogP contribution in [0.1, 0.15) is 16.5 Å². The highest BCUT2D eigenvalue weighted by atomic mass is 32.2. The third kappa shape index (κ3) is 4.24. The normalized spacial score (nSPS) is 11.7. The van der Waals surface area contributed by atoms with Crippen molar-refractivity contribution in [3.05, 3.63) is 90.1 Å². The molecule has 0 aliphatic carbocycles. The Labute approximate surface area is 146 Å². The van der Waals surface area contributed by atoms with Gasteiger partial charge in [0.05, 0.1) is 0 Å². The Morgan fingerprint density at radius 2 is 1.58 bits per heavy atom. The zero-order valence-electron chi connectivity index (χ0n) is 13.3. The summed E-state index contributed by atoms with van der Waals surface area (Å²) in [5.74, 6) is 0.503. The predicted molar refractivity (Wildman–Crippen MR) is 99.1 cm³/mol. The smallest absolute Gasteiger partial charge is 0.243 e. The minimum Gasteiger partial charge on any atom is -0.309 e. The maximum Gasteiger partial charge on any atom is 0.243 e. The van der Waals surface area contributed by atoms with Crippen LogP contribution in [0.4, 0.5) is 5.82 Å². The first kappa shape index (κ1) is 16.3. The van der Waals surface area contributed by atoms with E-state index in [0.29, 0.717) is 5.82 Å². The molecule has 1 atom stereocenters. The molecule has 24 heavy (non-hydrogen) atoms. The highest BCUT2D eigenvalue weighted by Gasteiger charge is 2.22. The summed E-state index contributed by atoms with van der Waals surface area (Å²) in [7, 11) is 0. The Bertz CT molecular complexity index is 806. The average molecular weight is 334 g/mol. The fourth-order valence-electron chi connectivity index (χ4n) is 2.34. The van der Waals surface area contributed by atoms with Crippen molar-refractivity contribution in [2.75, 3.05) is 5.32 Å². The van der Waals surface area contributed by atoms with Gasteiger partial charge in [-0.15, -0.1) is 11.8 Å². The fraction of sp³-hybridized carbons (Fsp3) is 0.100. The maximum atomic E-state index is 12.9. The summed E-state index contributed by atoms with van der Waals surface area (Å²) in [6, 6.07) is 25.4. The summed E-state index contributed by atoms with van der Waals surface area (Å²) < 4.78 is 0. The molecule has 0 aliphatic heterocycles. The number of nitrogens with zero attached hydrogens (tertiary/aromatic N) is 1. The summed E-state index contributed by atoms with van der Waals surface area (Å²) >= 11 is 1.53. The summed E-state index contributed by atoms with van der Waals surface area (Å²) in [6.45, 7) is 1.91. The highest BCUT2D eigenvalue weighted by Crippen LogP contribution is 2.35. The van der Waals surface area contributed by atoms with Gasteiger partial charge in [0.25, 0.3) is 0 Å². The third-order valence-corrected chi connectivity index (χ3v) is 4.74. The second-order valence-corrected chi connectivity index (χ2v) is 6.55. The first-order valence-electron chi connectivity index (χ1n) is 7.73. The molecule has 1 heterocycles. The number of hydrogen-bond donors (Lipinski definition) is 1. The van der Waals surface area contributed by atoms with Gasteiger partial charge in [-0.2, -0.15) is 0 Å². The highest BCUT2D eigenvalue weighted by molar-refractivity contribution is 8.00. The molecule has 1 N–H and O–H groups in total. The molecule has 120 valence electrons. The number of nitrogens with one attached hydrogen (secondary N) is 1. The zero-order chi connectivity index (χ0) is 16.8. The number of aryl methyl sites for hydroxylation is 1. The lowest BCUT2D eigenvalue weighted by molar-refractivity contribution is -0.115. The van der Waals surface area contributed by atoms with Gasteiger partial charge in [-0.3, -0.25) is 4.79 Å². The Balaban J connectivity index is 1.85. The summed E-state index contributed by atoms with van der Waals surface area (Å²) in [6.07, 6.45) is 0. The topological polar surface area (TPSA) is 42.0 Å². The first-order valence-corrected chi connectivity index (χ1v) is 8.61. The van der Waals surface area contributed by atoms with E-state index >= 15 is 0 Å². The minimum absolute atomic E-state index is 0.0758. The van der Waals surface area contributed by atoms with Crippen LogP contribution < -0.4 is 5.32 Å². The van der Waals surface area contributed by atoms with Crippen molar-refractivity contribution in [3.8, 4) is 0 Å². The predicted octanol–water partition coefficient (Wildman–Crippen LogP) is 4.86. The van der Waals surface area contributed by atoms with Crippen LogP contribution >= 0.6 is 11.8 Å². The van der Waals surface area contributed by atoms with Gasteiger partial charge >= 0.3 is 0 Å². The van der Waals surface area contributed by atoms with Crippen molar-refractivity contribution < 1.29 is 4.79 Å². The van der Waals surface area contributed by atoms with Crippen molar-refractivity contribution >= 4 is 23.5 Å². The molecule has 0 aliphatic rings. The van der Waals surface area contributed by atoms with Crippen LogP contribution in [0, 0.1) is 6.92 Å². The number of anilines is 1. The number of carbonyl (C=O) groups excluding carboxylic acids is 1. The van der Waals surface area contributed by atoms with E-state index in [2.05, 4.69) is 10.3 Å². The molecule has 1 aromatic heterocycles. The molecule has 0 spiro atoms. The first-order chi connectivity index (χ1) is 11.7. The van der Waals surface area contributed by atoms with Crippen LogP contribution in [0.15, 0.2) is 83.8 Å². The van der Waals surface area contributed by atoms with E-state index < -0.39 is 0 Å². The van der Waals surface area contributed by atoms with E-state index in [9.17, 15) is 4.79 Å². The molecule has 4 heteroatoms. The monoisotopic (exact) mass is 334 g/mol. The average Bonchev–Trinajstić information content (AvgIpc) is 2.61. The molecule has 0 radical (unpaired) electrons. The van der Waals surface area contributed by atoms with Crippen LogP contribution in [0.25, 0.3) is 0 Å². The lowest BCUT2D eigenvalue weighted by Gasteiger charge is -2.17. The van der Waals surface area contributed by atoms with Gasteiger partial charge in [0.15, 0.2) is 0 Å². The number of benzene rings is 2. The van der Waals surface area contributed by atoms with Gasteiger partial charge in [0, 0.05) is 10.6 Å². The van der Waals surface area contributed by atoms with Gasteiger partial charge < -0.3 is 5.32 Å². The van der Waals surface area contributed by atoms with Crippen molar-refractivity contribution in [1.82, 2.24) is 4.98 Å². The van der Waals surface area contributed by atoms with Crippen molar-refractivity contribution in [1.29, 1.82) is 0 Å². The molecule has 2 aromatic carbocycles. The molecule has 3 rings (SSSR count). The molecule has 0 fully saturated rings. The second kappa shape index (κ2) is 7.79. The molecule has 0 unspecified atom stereocenters. The van der Waals surface area contributed by atoms with Crippen molar-refractivity contribution in [2.45, 2.75) is 17.1 Å². The van der Waals surface area contributed by atoms with E-state index in [-0.39, 0.29) is 11.2 Å². The lowest BCUT2D eigenvalue weighted by atomic mass is 10.1. The van der Waals surface area contributed by atoms with E-state index in [4.69, 9.17) is 0 Å². The number of hydrogen-bond acceptors (Lipinski definition) is 3. The molecule has 0 bridgehead atoms.